The van der Waals surface area contributed by atoms with Crippen LogP contribution in [0.25, 0.3) is 11.1 Å². The van der Waals surface area contributed by atoms with E-state index in [2.05, 4.69) is 65.3 Å². The predicted molar refractivity (Wildman–Crippen MR) is 116 cm³/mol. The third-order valence-corrected chi connectivity index (χ3v) is 6.35. The van der Waals surface area contributed by atoms with E-state index in [4.69, 9.17) is 4.74 Å². The molecule has 0 aromatic heterocycles. The van der Waals surface area contributed by atoms with Crippen molar-refractivity contribution in [1.29, 1.82) is 0 Å². The molecule has 0 unspecified atom stereocenters. The smallest absolute Gasteiger partial charge is 0.0720 e. The van der Waals surface area contributed by atoms with Crippen molar-refractivity contribution in [2.24, 2.45) is 0 Å². The fraction of sp³-hybridized carbons (Fsp3) is 0.520. The molecule has 2 aliphatic rings. The first-order valence-electron chi connectivity index (χ1n) is 11.0. The van der Waals surface area contributed by atoms with Gasteiger partial charge in [-0.05, 0) is 41.6 Å². The predicted octanol–water partition coefficient (Wildman–Crippen LogP) is 4.95. The third kappa shape index (κ3) is 5.22. The van der Waals surface area contributed by atoms with Gasteiger partial charge in [-0.2, -0.15) is 0 Å². The first kappa shape index (κ1) is 19.6. The Bertz CT molecular complexity index is 711. The standard InChI is InChI=1S/C25H34N2O/c1-2-26-15-17-27(18-16-26)19-21-7-11-23(12-8-21)24-13-9-22(10-14-24)20-28-25-5-3-4-6-25/h7-14,25H,2-6,15-20H2,1H3. The lowest BCUT2D eigenvalue weighted by Crippen LogP contribution is -2.45. The molecule has 0 radical (unpaired) electrons. The molecule has 4 rings (SSSR count). The minimum absolute atomic E-state index is 0.483. The Balaban J connectivity index is 1.29. The van der Waals surface area contributed by atoms with Crippen molar-refractivity contribution < 1.29 is 4.74 Å². The van der Waals surface area contributed by atoms with Gasteiger partial charge in [-0.3, -0.25) is 4.90 Å². The van der Waals surface area contributed by atoms with Gasteiger partial charge in [0.2, 0.25) is 0 Å². The van der Waals surface area contributed by atoms with Gasteiger partial charge in [0.05, 0.1) is 12.7 Å². The molecule has 1 heterocycles. The number of likely N-dealkylation sites (N-methyl/N-ethyl adjacent to an activating group) is 1. The summed E-state index contributed by atoms with van der Waals surface area (Å²) in [5.74, 6) is 0. The van der Waals surface area contributed by atoms with E-state index in [0.29, 0.717) is 6.10 Å². The number of nitrogens with zero attached hydrogens (tertiary/aromatic N) is 2. The molecular formula is C25H34N2O. The number of rotatable bonds is 7. The van der Waals surface area contributed by atoms with Crippen LogP contribution in [-0.2, 0) is 17.9 Å². The number of ether oxygens (including phenoxy) is 1. The van der Waals surface area contributed by atoms with E-state index in [1.165, 1.54) is 80.7 Å². The van der Waals surface area contributed by atoms with Crippen LogP contribution >= 0.6 is 0 Å². The number of benzene rings is 2. The van der Waals surface area contributed by atoms with Crippen LogP contribution in [0.4, 0.5) is 0 Å². The van der Waals surface area contributed by atoms with Crippen LogP contribution in [0, 0.1) is 0 Å². The second-order valence-electron chi connectivity index (χ2n) is 8.32. The highest BCUT2D eigenvalue weighted by Gasteiger charge is 2.16. The summed E-state index contributed by atoms with van der Waals surface area (Å²) in [6.07, 6.45) is 5.61. The van der Waals surface area contributed by atoms with Gasteiger partial charge in [0.25, 0.3) is 0 Å². The Labute approximate surface area is 170 Å². The van der Waals surface area contributed by atoms with Gasteiger partial charge in [-0.1, -0.05) is 68.3 Å². The Morgan fingerprint density at radius 1 is 0.750 bits per heavy atom. The summed E-state index contributed by atoms with van der Waals surface area (Å²) in [4.78, 5) is 5.10. The molecule has 0 N–H and O–H groups in total. The van der Waals surface area contributed by atoms with Crippen molar-refractivity contribution in [3.8, 4) is 11.1 Å². The van der Waals surface area contributed by atoms with Crippen molar-refractivity contribution >= 4 is 0 Å². The van der Waals surface area contributed by atoms with E-state index >= 15 is 0 Å². The van der Waals surface area contributed by atoms with Gasteiger partial charge in [0.1, 0.15) is 0 Å². The maximum Gasteiger partial charge on any atom is 0.0720 e. The molecule has 1 saturated carbocycles. The molecular weight excluding hydrogens is 344 g/mol. The van der Waals surface area contributed by atoms with Crippen LogP contribution in [-0.4, -0.2) is 48.6 Å². The topological polar surface area (TPSA) is 15.7 Å². The minimum Gasteiger partial charge on any atom is -0.374 e. The van der Waals surface area contributed by atoms with Crippen molar-refractivity contribution in [1.82, 2.24) is 9.80 Å². The molecule has 28 heavy (non-hydrogen) atoms. The quantitative estimate of drug-likeness (QED) is 0.678. The van der Waals surface area contributed by atoms with Crippen LogP contribution in [0.2, 0.25) is 0 Å². The molecule has 0 bridgehead atoms. The van der Waals surface area contributed by atoms with Gasteiger partial charge in [0.15, 0.2) is 0 Å². The molecule has 3 nitrogen and oxygen atoms in total. The van der Waals surface area contributed by atoms with Crippen LogP contribution in [0.15, 0.2) is 48.5 Å². The van der Waals surface area contributed by atoms with E-state index in [0.717, 1.165) is 13.2 Å². The Morgan fingerprint density at radius 2 is 1.29 bits per heavy atom. The monoisotopic (exact) mass is 378 g/mol. The summed E-state index contributed by atoms with van der Waals surface area (Å²) in [7, 11) is 0. The maximum absolute atomic E-state index is 6.03. The van der Waals surface area contributed by atoms with E-state index in [1.54, 1.807) is 0 Å². The molecule has 1 aliphatic carbocycles. The lowest BCUT2D eigenvalue weighted by molar-refractivity contribution is 0.0457. The molecule has 2 aromatic carbocycles. The molecule has 0 amide bonds. The number of piperazine rings is 1. The average Bonchev–Trinajstić information content (AvgIpc) is 3.28. The van der Waals surface area contributed by atoms with Crippen molar-refractivity contribution in [2.45, 2.75) is 51.9 Å². The minimum atomic E-state index is 0.483. The Hall–Kier alpha value is -1.68. The van der Waals surface area contributed by atoms with Crippen LogP contribution in [0.5, 0.6) is 0 Å². The van der Waals surface area contributed by atoms with Gasteiger partial charge in [-0.25, -0.2) is 0 Å². The van der Waals surface area contributed by atoms with E-state index in [-0.39, 0.29) is 0 Å². The summed E-state index contributed by atoms with van der Waals surface area (Å²) < 4.78 is 6.03. The highest BCUT2D eigenvalue weighted by atomic mass is 16.5. The molecule has 2 aromatic rings. The molecule has 0 spiro atoms. The van der Waals surface area contributed by atoms with Crippen LogP contribution in [0.1, 0.15) is 43.7 Å². The normalized spacial score (nSPS) is 19.3. The SMILES string of the molecule is CCN1CCN(Cc2ccc(-c3ccc(COC4CCCC4)cc3)cc2)CC1. The van der Waals surface area contributed by atoms with Gasteiger partial charge < -0.3 is 9.64 Å². The summed E-state index contributed by atoms with van der Waals surface area (Å²) in [5, 5.41) is 0. The summed E-state index contributed by atoms with van der Waals surface area (Å²) in [6.45, 7) is 10.00. The maximum atomic E-state index is 6.03. The third-order valence-electron chi connectivity index (χ3n) is 6.35. The molecule has 2 fully saturated rings. The molecule has 150 valence electrons. The Kier molecular flexibility index (Phi) is 6.79. The average molecular weight is 379 g/mol. The molecule has 0 atom stereocenters. The fourth-order valence-electron chi connectivity index (χ4n) is 4.39. The first-order chi connectivity index (χ1) is 13.8. The Morgan fingerprint density at radius 3 is 1.86 bits per heavy atom. The number of hydrogen-bond acceptors (Lipinski definition) is 3. The zero-order valence-corrected chi connectivity index (χ0v) is 17.3. The molecule has 1 saturated heterocycles. The lowest BCUT2D eigenvalue weighted by Gasteiger charge is -2.34. The summed E-state index contributed by atoms with van der Waals surface area (Å²) in [5.41, 5.74) is 5.27. The van der Waals surface area contributed by atoms with Crippen LogP contribution in [0.3, 0.4) is 0 Å². The largest absolute Gasteiger partial charge is 0.374 e. The highest BCUT2D eigenvalue weighted by molar-refractivity contribution is 5.63. The lowest BCUT2D eigenvalue weighted by atomic mass is 10.0. The zero-order valence-electron chi connectivity index (χ0n) is 17.3. The second-order valence-corrected chi connectivity index (χ2v) is 8.32. The van der Waals surface area contributed by atoms with Gasteiger partial charge >= 0.3 is 0 Å². The van der Waals surface area contributed by atoms with Crippen molar-refractivity contribution in [2.75, 3.05) is 32.7 Å². The van der Waals surface area contributed by atoms with E-state index < -0.39 is 0 Å². The summed E-state index contributed by atoms with van der Waals surface area (Å²) in [6, 6.07) is 18.0. The van der Waals surface area contributed by atoms with E-state index in [9.17, 15) is 0 Å². The molecule has 3 heteroatoms. The zero-order chi connectivity index (χ0) is 19.2. The van der Waals surface area contributed by atoms with E-state index in [1.807, 2.05) is 0 Å². The number of hydrogen-bond donors (Lipinski definition) is 0. The van der Waals surface area contributed by atoms with Gasteiger partial charge in [0, 0.05) is 32.7 Å². The van der Waals surface area contributed by atoms with Crippen molar-refractivity contribution in [3.63, 3.8) is 0 Å². The second kappa shape index (κ2) is 9.69. The highest BCUT2D eigenvalue weighted by Crippen LogP contribution is 2.24. The fourth-order valence-corrected chi connectivity index (χ4v) is 4.39. The first-order valence-corrected chi connectivity index (χ1v) is 11.0. The van der Waals surface area contributed by atoms with Gasteiger partial charge in [-0.15, -0.1) is 0 Å². The van der Waals surface area contributed by atoms with Crippen LogP contribution < -0.4 is 0 Å². The summed E-state index contributed by atoms with van der Waals surface area (Å²) >= 11 is 0. The molecule has 1 aliphatic heterocycles. The van der Waals surface area contributed by atoms with Crippen molar-refractivity contribution in [3.05, 3.63) is 59.7 Å².